The molecule has 9 nitrogen and oxygen atoms in total. The lowest BCUT2D eigenvalue weighted by atomic mass is 9.89. The van der Waals surface area contributed by atoms with E-state index >= 15 is 0 Å². The number of carbonyl (C=O) groups excluding carboxylic acids is 1. The Balaban J connectivity index is 1.59. The summed E-state index contributed by atoms with van der Waals surface area (Å²) in [5.74, 6) is -0.896. The van der Waals surface area contributed by atoms with Crippen molar-refractivity contribution in [1.82, 2.24) is 0 Å². The van der Waals surface area contributed by atoms with E-state index in [1.165, 1.54) is 12.2 Å². The molecule has 2 aliphatic rings. The highest BCUT2D eigenvalue weighted by Gasteiger charge is 2.61. The second kappa shape index (κ2) is 11.1. The number of nitrogens with zero attached hydrogens (tertiary/aromatic N) is 3. The van der Waals surface area contributed by atoms with Gasteiger partial charge >= 0.3 is 0 Å². The van der Waals surface area contributed by atoms with Crippen LogP contribution >= 0.6 is 0 Å². The van der Waals surface area contributed by atoms with Gasteiger partial charge in [-0.05, 0) is 36.6 Å². The third-order valence-electron chi connectivity index (χ3n) is 5.90. The molecule has 184 valence electrons. The first-order chi connectivity index (χ1) is 17.0. The van der Waals surface area contributed by atoms with Crippen molar-refractivity contribution in [2.24, 2.45) is 5.11 Å². The van der Waals surface area contributed by atoms with E-state index in [1.807, 2.05) is 60.7 Å². The Labute approximate surface area is 204 Å². The fourth-order valence-electron chi connectivity index (χ4n) is 4.39. The maximum Gasteiger partial charge on any atom is 0.187 e. The molecule has 2 fully saturated rings. The van der Waals surface area contributed by atoms with Crippen LogP contribution in [0.15, 0.2) is 77.9 Å². The molecule has 0 aromatic heterocycles. The predicted molar refractivity (Wildman–Crippen MR) is 127 cm³/mol. The molecule has 2 aromatic carbocycles. The summed E-state index contributed by atoms with van der Waals surface area (Å²) in [7, 11) is 0. The van der Waals surface area contributed by atoms with Gasteiger partial charge in [-0.25, -0.2) is 0 Å². The number of rotatable bonds is 11. The van der Waals surface area contributed by atoms with Gasteiger partial charge in [0.1, 0.15) is 30.1 Å². The van der Waals surface area contributed by atoms with Crippen LogP contribution in [0, 0.1) is 0 Å². The average Bonchev–Trinajstić information content (AvgIpc) is 3.35. The Bertz CT molecular complexity index is 1060. The van der Waals surface area contributed by atoms with Crippen molar-refractivity contribution in [3.63, 3.8) is 0 Å². The van der Waals surface area contributed by atoms with Gasteiger partial charge in [0.25, 0.3) is 0 Å². The predicted octanol–water partition coefficient (Wildman–Crippen LogP) is 4.47. The van der Waals surface area contributed by atoms with Crippen molar-refractivity contribution in [2.45, 2.75) is 63.0 Å². The van der Waals surface area contributed by atoms with Crippen LogP contribution in [0.2, 0.25) is 0 Å². The van der Waals surface area contributed by atoms with Crippen LogP contribution < -0.4 is 0 Å². The number of benzene rings is 2. The van der Waals surface area contributed by atoms with Crippen LogP contribution in [0.5, 0.6) is 0 Å². The van der Waals surface area contributed by atoms with Crippen molar-refractivity contribution in [1.29, 1.82) is 0 Å². The molecule has 0 N–H and O–H groups in total. The number of ether oxygens (including phenoxy) is 5. The van der Waals surface area contributed by atoms with E-state index in [0.717, 1.165) is 11.1 Å². The van der Waals surface area contributed by atoms with Gasteiger partial charge in [-0.15, -0.1) is 0 Å². The summed E-state index contributed by atoms with van der Waals surface area (Å²) in [6.45, 7) is 4.15. The third-order valence-corrected chi connectivity index (χ3v) is 5.90. The first kappa shape index (κ1) is 25.1. The highest BCUT2D eigenvalue weighted by Crippen LogP contribution is 2.44. The molecule has 0 aliphatic carbocycles. The number of hydrogen-bond acceptors (Lipinski definition) is 7. The fraction of sp³-hybridized carbons (Fsp3) is 0.423. The minimum absolute atomic E-state index is 0.0423. The van der Waals surface area contributed by atoms with Crippen LogP contribution in [-0.4, -0.2) is 48.8 Å². The molecule has 2 aromatic rings. The molecule has 35 heavy (non-hydrogen) atoms. The van der Waals surface area contributed by atoms with Gasteiger partial charge in [-0.1, -0.05) is 71.9 Å². The first-order valence-electron chi connectivity index (χ1n) is 11.4. The van der Waals surface area contributed by atoms with E-state index in [1.54, 1.807) is 13.8 Å². The molecule has 2 saturated heterocycles. The van der Waals surface area contributed by atoms with Gasteiger partial charge in [0.2, 0.25) is 0 Å². The summed E-state index contributed by atoms with van der Waals surface area (Å²) in [6, 6.07) is 19.3. The summed E-state index contributed by atoms with van der Waals surface area (Å²) >= 11 is 0. The van der Waals surface area contributed by atoms with Gasteiger partial charge in [-0.3, -0.25) is 4.79 Å². The molecule has 5 unspecified atom stereocenters. The van der Waals surface area contributed by atoms with Crippen LogP contribution in [-0.2, 0) is 41.7 Å². The van der Waals surface area contributed by atoms with E-state index in [9.17, 15) is 10.3 Å². The molecule has 2 aliphatic heterocycles. The summed E-state index contributed by atoms with van der Waals surface area (Å²) in [5.41, 5.74) is 10.0. The maximum atomic E-state index is 11.2. The fourth-order valence-corrected chi connectivity index (χ4v) is 4.39. The van der Waals surface area contributed by atoms with Crippen molar-refractivity contribution < 1.29 is 28.5 Å². The van der Waals surface area contributed by atoms with Crippen LogP contribution in [0.4, 0.5) is 0 Å². The standard InChI is InChI=1S/C26H29N3O6/c1-25(2)34-21-22(35-25)24(32-17-20-12-7-4-8-13-20)33-23(21)26(28-29-27,14-9-15-30)18-31-16-19-10-5-3-6-11-19/h3-15,21-24H,16-18H2,1-2H3/b14-9+. The SMILES string of the molecule is CC1(C)OC2C(OCc3ccccc3)OC(C(/C=C/C=O)(COCc3ccccc3)N=[N+]=[N-])C2O1. The lowest BCUT2D eigenvalue weighted by Crippen LogP contribution is -2.49. The summed E-state index contributed by atoms with van der Waals surface area (Å²) in [5, 5.41) is 4.06. The van der Waals surface area contributed by atoms with E-state index in [0.29, 0.717) is 12.9 Å². The van der Waals surface area contributed by atoms with E-state index < -0.39 is 35.9 Å². The summed E-state index contributed by atoms with van der Waals surface area (Å²) < 4.78 is 30.6. The molecule has 9 heteroatoms. The van der Waals surface area contributed by atoms with E-state index in [-0.39, 0.29) is 13.2 Å². The monoisotopic (exact) mass is 479 g/mol. The highest BCUT2D eigenvalue weighted by atomic mass is 16.8. The smallest absolute Gasteiger partial charge is 0.187 e. The Hall–Kier alpha value is -3.04. The molecule has 5 atom stereocenters. The minimum Gasteiger partial charge on any atom is -0.376 e. The number of carbonyl (C=O) groups is 1. The molecule has 0 spiro atoms. The molecule has 0 bridgehead atoms. The average molecular weight is 480 g/mol. The molecule has 0 amide bonds. The molecule has 4 rings (SSSR count). The largest absolute Gasteiger partial charge is 0.376 e. The minimum atomic E-state index is -1.37. The van der Waals surface area contributed by atoms with Crippen LogP contribution in [0.25, 0.3) is 10.4 Å². The highest BCUT2D eigenvalue weighted by molar-refractivity contribution is 5.65. The Morgan fingerprint density at radius 1 is 1.03 bits per heavy atom. The Morgan fingerprint density at radius 2 is 1.66 bits per heavy atom. The van der Waals surface area contributed by atoms with Crippen LogP contribution in [0.1, 0.15) is 25.0 Å². The maximum absolute atomic E-state index is 11.2. The third kappa shape index (κ3) is 5.97. The summed E-state index contributed by atoms with van der Waals surface area (Å²) in [4.78, 5) is 14.3. The normalized spacial score (nSPS) is 26.7. The molecular weight excluding hydrogens is 450 g/mol. The van der Waals surface area contributed by atoms with Gasteiger partial charge < -0.3 is 23.7 Å². The lowest BCUT2D eigenvalue weighted by molar-refractivity contribution is -0.243. The molecule has 2 heterocycles. The lowest BCUT2D eigenvalue weighted by Gasteiger charge is -2.34. The van der Waals surface area contributed by atoms with Gasteiger partial charge in [0, 0.05) is 4.91 Å². The molecule has 0 radical (unpaired) electrons. The molecular formula is C26H29N3O6. The van der Waals surface area contributed by atoms with E-state index in [4.69, 9.17) is 23.7 Å². The number of azide groups is 1. The van der Waals surface area contributed by atoms with Gasteiger partial charge in [-0.2, -0.15) is 0 Å². The Kier molecular flexibility index (Phi) is 7.97. The van der Waals surface area contributed by atoms with E-state index in [2.05, 4.69) is 10.0 Å². The zero-order valence-electron chi connectivity index (χ0n) is 19.7. The van der Waals surface area contributed by atoms with Crippen molar-refractivity contribution >= 4 is 6.29 Å². The first-order valence-corrected chi connectivity index (χ1v) is 11.4. The summed E-state index contributed by atoms with van der Waals surface area (Å²) in [6.07, 6.45) is 0.610. The zero-order chi connectivity index (χ0) is 24.7. The number of allylic oxidation sites excluding steroid dienone is 1. The van der Waals surface area contributed by atoms with Crippen molar-refractivity contribution in [3.8, 4) is 0 Å². The van der Waals surface area contributed by atoms with Crippen LogP contribution in [0.3, 0.4) is 0 Å². The Morgan fingerprint density at radius 3 is 2.29 bits per heavy atom. The number of fused-ring (bicyclic) bond motifs is 1. The quantitative estimate of drug-likeness (QED) is 0.155. The van der Waals surface area contributed by atoms with Crippen molar-refractivity contribution in [2.75, 3.05) is 6.61 Å². The number of aldehydes is 1. The molecule has 0 saturated carbocycles. The zero-order valence-corrected chi connectivity index (χ0v) is 19.7. The number of hydrogen-bond donors (Lipinski definition) is 0. The van der Waals surface area contributed by atoms with Gasteiger partial charge in [0.05, 0.1) is 19.8 Å². The second-order valence-electron chi connectivity index (χ2n) is 8.94. The second-order valence-corrected chi connectivity index (χ2v) is 8.94. The topological polar surface area (TPSA) is 112 Å². The van der Waals surface area contributed by atoms with Crippen molar-refractivity contribution in [3.05, 3.63) is 94.4 Å². The van der Waals surface area contributed by atoms with Gasteiger partial charge in [0.15, 0.2) is 12.1 Å².